The van der Waals surface area contributed by atoms with E-state index in [2.05, 4.69) is 10.3 Å². The van der Waals surface area contributed by atoms with E-state index in [1.54, 1.807) is 23.5 Å². The van der Waals surface area contributed by atoms with Gasteiger partial charge in [0.25, 0.3) is 5.69 Å². The molecule has 6 heteroatoms. The quantitative estimate of drug-likeness (QED) is 0.679. The number of nitrogens with zero attached hydrogens (tertiary/aromatic N) is 2. The molecule has 5 nitrogen and oxygen atoms in total. The number of rotatable bonds is 4. The first-order chi connectivity index (χ1) is 8.56. The van der Waals surface area contributed by atoms with Crippen molar-refractivity contribution in [1.29, 1.82) is 0 Å². The summed E-state index contributed by atoms with van der Waals surface area (Å²) in [4.78, 5) is 15.7. The normalized spacial score (nSPS) is 10.3. The summed E-state index contributed by atoms with van der Waals surface area (Å²) < 4.78 is 0. The SMILES string of the molecule is Cc1cnc(CNc2cc([N+](=O)[O-])ccc2C)s1. The van der Waals surface area contributed by atoms with Crippen LogP contribution in [0.25, 0.3) is 0 Å². The molecule has 0 atom stereocenters. The molecule has 0 aliphatic carbocycles. The maximum atomic E-state index is 10.7. The van der Waals surface area contributed by atoms with Crippen molar-refractivity contribution in [3.8, 4) is 0 Å². The highest BCUT2D eigenvalue weighted by Crippen LogP contribution is 2.23. The average Bonchev–Trinajstić information content (AvgIpc) is 2.74. The van der Waals surface area contributed by atoms with Crippen molar-refractivity contribution >= 4 is 22.7 Å². The monoisotopic (exact) mass is 263 g/mol. The molecule has 0 amide bonds. The maximum absolute atomic E-state index is 10.7. The van der Waals surface area contributed by atoms with Crippen LogP contribution in [0.2, 0.25) is 0 Å². The van der Waals surface area contributed by atoms with E-state index in [4.69, 9.17) is 0 Å². The van der Waals surface area contributed by atoms with Crippen molar-refractivity contribution in [2.45, 2.75) is 20.4 Å². The zero-order valence-corrected chi connectivity index (χ0v) is 11.0. The molecule has 0 aliphatic rings. The first-order valence-electron chi connectivity index (χ1n) is 5.46. The highest BCUT2D eigenvalue weighted by atomic mass is 32.1. The van der Waals surface area contributed by atoms with Crippen LogP contribution in [0.4, 0.5) is 11.4 Å². The van der Waals surface area contributed by atoms with E-state index < -0.39 is 4.92 Å². The summed E-state index contributed by atoms with van der Waals surface area (Å²) in [5.41, 5.74) is 1.85. The molecule has 2 aromatic rings. The number of non-ortho nitro benzene ring substituents is 1. The van der Waals surface area contributed by atoms with E-state index in [1.807, 2.05) is 20.0 Å². The first kappa shape index (κ1) is 12.5. The molecule has 1 N–H and O–H groups in total. The summed E-state index contributed by atoms with van der Waals surface area (Å²) in [6.07, 6.45) is 1.82. The van der Waals surface area contributed by atoms with Crippen LogP contribution in [0.15, 0.2) is 24.4 Å². The second-order valence-electron chi connectivity index (χ2n) is 3.97. The Balaban J connectivity index is 2.13. The van der Waals surface area contributed by atoms with E-state index in [-0.39, 0.29) is 5.69 Å². The molecule has 0 fully saturated rings. The number of hydrogen-bond donors (Lipinski definition) is 1. The number of nitro benzene ring substituents is 1. The lowest BCUT2D eigenvalue weighted by molar-refractivity contribution is -0.384. The molecule has 0 aliphatic heterocycles. The second-order valence-corrected chi connectivity index (χ2v) is 5.29. The highest BCUT2D eigenvalue weighted by molar-refractivity contribution is 7.11. The van der Waals surface area contributed by atoms with Gasteiger partial charge in [-0.3, -0.25) is 10.1 Å². The molecular formula is C12H13N3O2S. The Morgan fingerprint density at radius 3 is 2.83 bits per heavy atom. The largest absolute Gasteiger partial charge is 0.378 e. The Kier molecular flexibility index (Phi) is 3.57. The van der Waals surface area contributed by atoms with Gasteiger partial charge in [-0.05, 0) is 19.4 Å². The Morgan fingerprint density at radius 1 is 1.44 bits per heavy atom. The minimum Gasteiger partial charge on any atom is -0.378 e. The van der Waals surface area contributed by atoms with Crippen molar-refractivity contribution in [1.82, 2.24) is 4.98 Å². The minimum atomic E-state index is -0.391. The number of thiazole rings is 1. The number of aryl methyl sites for hydroxylation is 2. The van der Waals surface area contributed by atoms with Gasteiger partial charge in [0.1, 0.15) is 5.01 Å². The topological polar surface area (TPSA) is 68.1 Å². The van der Waals surface area contributed by atoms with Crippen LogP contribution in [0.3, 0.4) is 0 Å². The fourth-order valence-electron chi connectivity index (χ4n) is 1.57. The number of benzene rings is 1. The van der Waals surface area contributed by atoms with Gasteiger partial charge in [0.15, 0.2) is 0 Å². The van der Waals surface area contributed by atoms with Crippen molar-refractivity contribution in [2.24, 2.45) is 0 Å². The van der Waals surface area contributed by atoms with Gasteiger partial charge < -0.3 is 5.32 Å². The van der Waals surface area contributed by atoms with Crippen LogP contribution in [0, 0.1) is 24.0 Å². The van der Waals surface area contributed by atoms with Crippen molar-refractivity contribution in [2.75, 3.05) is 5.32 Å². The number of aromatic nitrogens is 1. The number of anilines is 1. The van der Waals surface area contributed by atoms with Crippen LogP contribution in [-0.4, -0.2) is 9.91 Å². The van der Waals surface area contributed by atoms with Gasteiger partial charge >= 0.3 is 0 Å². The molecule has 0 radical (unpaired) electrons. The summed E-state index contributed by atoms with van der Waals surface area (Å²) in [7, 11) is 0. The lowest BCUT2D eigenvalue weighted by atomic mass is 10.2. The third kappa shape index (κ3) is 2.84. The Morgan fingerprint density at radius 2 is 2.22 bits per heavy atom. The Labute approximate surface area is 109 Å². The lowest BCUT2D eigenvalue weighted by Crippen LogP contribution is -2.01. The zero-order chi connectivity index (χ0) is 13.1. The van der Waals surface area contributed by atoms with Crippen LogP contribution in [-0.2, 0) is 6.54 Å². The molecule has 18 heavy (non-hydrogen) atoms. The smallest absolute Gasteiger partial charge is 0.271 e. The van der Waals surface area contributed by atoms with Crippen LogP contribution < -0.4 is 5.32 Å². The average molecular weight is 263 g/mol. The summed E-state index contributed by atoms with van der Waals surface area (Å²) >= 11 is 1.62. The number of nitrogens with one attached hydrogen (secondary N) is 1. The predicted octanol–water partition coefficient (Wildman–Crippen LogP) is 3.28. The molecular weight excluding hydrogens is 250 g/mol. The predicted molar refractivity (Wildman–Crippen MR) is 72.0 cm³/mol. The van der Waals surface area contributed by atoms with Crippen molar-refractivity contribution in [3.05, 3.63) is 50.0 Å². The maximum Gasteiger partial charge on any atom is 0.271 e. The summed E-state index contributed by atoms with van der Waals surface area (Å²) in [6, 6.07) is 4.80. The number of nitro groups is 1. The van der Waals surface area contributed by atoms with Gasteiger partial charge in [-0.1, -0.05) is 6.07 Å². The van der Waals surface area contributed by atoms with Gasteiger partial charge in [0.2, 0.25) is 0 Å². The van der Waals surface area contributed by atoms with Crippen LogP contribution in [0.5, 0.6) is 0 Å². The molecule has 0 unspecified atom stereocenters. The van der Waals surface area contributed by atoms with E-state index in [0.717, 1.165) is 21.1 Å². The molecule has 1 aromatic carbocycles. The minimum absolute atomic E-state index is 0.0958. The molecule has 0 saturated heterocycles. The third-order valence-electron chi connectivity index (χ3n) is 2.53. The van der Waals surface area contributed by atoms with Gasteiger partial charge in [0, 0.05) is 28.9 Å². The Hall–Kier alpha value is -1.95. The van der Waals surface area contributed by atoms with Crippen LogP contribution >= 0.6 is 11.3 Å². The van der Waals surface area contributed by atoms with E-state index in [1.165, 1.54) is 6.07 Å². The zero-order valence-electron chi connectivity index (χ0n) is 10.1. The molecule has 0 spiro atoms. The van der Waals surface area contributed by atoms with E-state index in [0.29, 0.717) is 6.54 Å². The highest BCUT2D eigenvalue weighted by Gasteiger charge is 2.08. The van der Waals surface area contributed by atoms with Gasteiger partial charge in [-0.25, -0.2) is 4.98 Å². The fraction of sp³-hybridized carbons (Fsp3) is 0.250. The second kappa shape index (κ2) is 5.14. The summed E-state index contributed by atoms with van der Waals surface area (Å²) in [6.45, 7) is 4.50. The molecule has 0 bridgehead atoms. The first-order valence-corrected chi connectivity index (χ1v) is 6.28. The summed E-state index contributed by atoms with van der Waals surface area (Å²) in [5, 5.41) is 14.9. The Bertz CT molecular complexity index is 580. The van der Waals surface area contributed by atoms with E-state index >= 15 is 0 Å². The third-order valence-corrected chi connectivity index (χ3v) is 3.44. The van der Waals surface area contributed by atoms with Gasteiger partial charge in [0.05, 0.1) is 11.5 Å². The van der Waals surface area contributed by atoms with Gasteiger partial charge in [-0.2, -0.15) is 0 Å². The lowest BCUT2D eigenvalue weighted by Gasteiger charge is -2.07. The van der Waals surface area contributed by atoms with E-state index in [9.17, 15) is 10.1 Å². The standard InChI is InChI=1S/C12H13N3O2S/c1-8-3-4-10(15(16)17)5-11(8)13-7-12-14-6-9(2)18-12/h3-6,13H,7H2,1-2H3. The van der Waals surface area contributed by atoms with Crippen LogP contribution in [0.1, 0.15) is 15.4 Å². The fourth-order valence-corrected chi connectivity index (χ4v) is 2.29. The molecule has 1 aromatic heterocycles. The van der Waals surface area contributed by atoms with Crippen molar-refractivity contribution < 1.29 is 4.92 Å². The molecule has 94 valence electrons. The molecule has 2 rings (SSSR count). The summed E-state index contributed by atoms with van der Waals surface area (Å²) in [5.74, 6) is 0. The van der Waals surface area contributed by atoms with Gasteiger partial charge in [-0.15, -0.1) is 11.3 Å². The molecule has 1 heterocycles. The van der Waals surface area contributed by atoms with Crippen molar-refractivity contribution in [3.63, 3.8) is 0 Å². The molecule has 0 saturated carbocycles. The number of hydrogen-bond acceptors (Lipinski definition) is 5.